The van der Waals surface area contributed by atoms with Crippen molar-refractivity contribution in [2.24, 2.45) is 5.92 Å². The van der Waals surface area contributed by atoms with Crippen LogP contribution in [-0.2, 0) is 4.79 Å². The molecule has 3 N–H and O–H groups in total. The fourth-order valence-corrected chi connectivity index (χ4v) is 2.02. The predicted octanol–water partition coefficient (Wildman–Crippen LogP) is -1.15. The lowest BCUT2D eigenvalue weighted by atomic mass is 9.97. The lowest BCUT2D eigenvalue weighted by molar-refractivity contribution is -0.119. The molecule has 0 unspecified atom stereocenters. The van der Waals surface area contributed by atoms with Crippen LogP contribution in [0.3, 0.4) is 0 Å². The number of amides is 1. The maximum absolute atomic E-state index is 10.9. The summed E-state index contributed by atoms with van der Waals surface area (Å²) in [5.74, 6) is 0.526. The molecule has 0 radical (unpaired) electrons. The number of nitrogens with one attached hydrogen (secondary N) is 2. The van der Waals surface area contributed by atoms with E-state index in [0.717, 1.165) is 13.0 Å². The van der Waals surface area contributed by atoms with Crippen molar-refractivity contribution in [3.63, 3.8) is 0 Å². The van der Waals surface area contributed by atoms with Gasteiger partial charge in [0.15, 0.2) is 0 Å². The van der Waals surface area contributed by atoms with Crippen LogP contribution in [0.25, 0.3) is 0 Å². The van der Waals surface area contributed by atoms with Crippen LogP contribution in [-0.4, -0.2) is 36.2 Å². The number of β-amino-alcohol motifs (C(OH)–C–C–N with tert-alkyl or cyclic N) is 1. The number of rotatable bonds is 1. The van der Waals surface area contributed by atoms with Crippen molar-refractivity contribution in [1.29, 1.82) is 0 Å². The third kappa shape index (κ3) is 1.44. The topological polar surface area (TPSA) is 61.4 Å². The van der Waals surface area contributed by atoms with Crippen LogP contribution in [0.5, 0.6) is 0 Å². The zero-order chi connectivity index (χ0) is 8.55. The third-order valence-corrected chi connectivity index (χ3v) is 2.72. The average Bonchev–Trinajstić information content (AvgIpc) is 2.58. The molecule has 12 heavy (non-hydrogen) atoms. The maximum atomic E-state index is 10.9. The Hall–Kier alpha value is -0.610. The summed E-state index contributed by atoms with van der Waals surface area (Å²) in [5, 5.41) is 15.3. The quantitative estimate of drug-likeness (QED) is 0.465. The minimum Gasteiger partial charge on any atom is -0.392 e. The highest BCUT2D eigenvalue weighted by Gasteiger charge is 2.33. The lowest BCUT2D eigenvalue weighted by Crippen LogP contribution is -2.31. The van der Waals surface area contributed by atoms with Crippen LogP contribution in [0.2, 0.25) is 0 Å². The number of hydrogen-bond donors (Lipinski definition) is 3. The molecule has 3 atom stereocenters. The van der Waals surface area contributed by atoms with Crippen LogP contribution in [0.4, 0.5) is 0 Å². The van der Waals surface area contributed by atoms with Gasteiger partial charge in [0.1, 0.15) is 0 Å². The number of aliphatic hydroxyl groups is 1. The molecule has 0 saturated carbocycles. The van der Waals surface area contributed by atoms with Gasteiger partial charge in [0.25, 0.3) is 0 Å². The van der Waals surface area contributed by atoms with Gasteiger partial charge in [0.05, 0.1) is 6.10 Å². The molecule has 4 heteroatoms. The van der Waals surface area contributed by atoms with Crippen molar-refractivity contribution >= 4 is 5.91 Å². The van der Waals surface area contributed by atoms with E-state index in [-0.39, 0.29) is 12.0 Å². The van der Waals surface area contributed by atoms with Gasteiger partial charge in [-0.3, -0.25) is 4.79 Å². The Morgan fingerprint density at radius 1 is 1.42 bits per heavy atom. The molecule has 0 bridgehead atoms. The number of aliphatic hydroxyl groups excluding tert-OH is 1. The Balaban J connectivity index is 1.89. The molecule has 2 saturated heterocycles. The Morgan fingerprint density at radius 3 is 2.75 bits per heavy atom. The van der Waals surface area contributed by atoms with Crippen molar-refractivity contribution in [2.75, 3.05) is 13.1 Å². The summed E-state index contributed by atoms with van der Waals surface area (Å²) >= 11 is 0. The average molecular weight is 170 g/mol. The lowest BCUT2D eigenvalue weighted by Gasteiger charge is -2.15. The largest absolute Gasteiger partial charge is 0.392 e. The van der Waals surface area contributed by atoms with Crippen LogP contribution in [0, 0.1) is 5.92 Å². The van der Waals surface area contributed by atoms with Crippen LogP contribution in [0.15, 0.2) is 0 Å². The van der Waals surface area contributed by atoms with Gasteiger partial charge < -0.3 is 15.7 Å². The summed E-state index contributed by atoms with van der Waals surface area (Å²) in [6, 6.07) is 0.332. The van der Waals surface area contributed by atoms with Crippen LogP contribution < -0.4 is 10.6 Å². The molecule has 68 valence electrons. The predicted molar refractivity (Wildman–Crippen MR) is 43.5 cm³/mol. The SMILES string of the molecule is O=C1C[C@@H]([C@@H]2C[C@@H](O)CN2)CN1. The van der Waals surface area contributed by atoms with Gasteiger partial charge >= 0.3 is 0 Å². The van der Waals surface area contributed by atoms with Gasteiger partial charge in [0, 0.05) is 31.5 Å². The zero-order valence-corrected chi connectivity index (χ0v) is 6.92. The first-order valence-corrected chi connectivity index (χ1v) is 4.44. The second-order valence-electron chi connectivity index (χ2n) is 3.67. The minimum absolute atomic E-state index is 0.142. The van der Waals surface area contributed by atoms with Crippen LogP contribution in [0.1, 0.15) is 12.8 Å². The number of hydrogen-bond acceptors (Lipinski definition) is 3. The van der Waals surface area contributed by atoms with E-state index in [9.17, 15) is 9.90 Å². The van der Waals surface area contributed by atoms with Crippen molar-refractivity contribution in [3.05, 3.63) is 0 Å². The van der Waals surface area contributed by atoms with Gasteiger partial charge in [-0.1, -0.05) is 0 Å². The fraction of sp³-hybridized carbons (Fsp3) is 0.875. The van der Waals surface area contributed by atoms with E-state index in [1.807, 2.05) is 0 Å². The first kappa shape index (κ1) is 8.01. The highest BCUT2D eigenvalue weighted by Crippen LogP contribution is 2.20. The van der Waals surface area contributed by atoms with Crippen molar-refractivity contribution < 1.29 is 9.90 Å². The molecule has 0 aromatic carbocycles. The van der Waals surface area contributed by atoms with Crippen molar-refractivity contribution in [3.8, 4) is 0 Å². The number of carbonyl (C=O) groups excluding carboxylic acids is 1. The van der Waals surface area contributed by atoms with E-state index in [4.69, 9.17) is 0 Å². The highest BCUT2D eigenvalue weighted by atomic mass is 16.3. The molecule has 0 aromatic rings. The third-order valence-electron chi connectivity index (χ3n) is 2.72. The van der Waals surface area contributed by atoms with E-state index in [1.54, 1.807) is 0 Å². The Bertz CT molecular complexity index is 195. The van der Waals surface area contributed by atoms with Gasteiger partial charge in [-0.2, -0.15) is 0 Å². The summed E-state index contributed by atoms with van der Waals surface area (Å²) in [5.41, 5.74) is 0. The van der Waals surface area contributed by atoms with Gasteiger partial charge in [-0.25, -0.2) is 0 Å². The van der Waals surface area contributed by atoms with E-state index in [2.05, 4.69) is 10.6 Å². The molecule has 2 aliphatic rings. The summed E-state index contributed by atoms with van der Waals surface area (Å²) in [6.07, 6.45) is 1.19. The Labute approximate surface area is 71.3 Å². The summed E-state index contributed by atoms with van der Waals surface area (Å²) < 4.78 is 0. The van der Waals surface area contributed by atoms with Crippen molar-refractivity contribution in [2.45, 2.75) is 25.0 Å². The molecular formula is C8H14N2O2. The van der Waals surface area contributed by atoms with Gasteiger partial charge in [-0.15, -0.1) is 0 Å². The van der Waals surface area contributed by atoms with E-state index in [1.165, 1.54) is 0 Å². The second kappa shape index (κ2) is 3.03. The Kier molecular flexibility index (Phi) is 2.02. The summed E-state index contributed by atoms with van der Waals surface area (Å²) in [7, 11) is 0. The standard InChI is InChI=1S/C8H14N2O2/c11-6-2-7(9-4-6)5-1-8(12)10-3-5/h5-7,9,11H,1-4H2,(H,10,12)/t5-,6-,7+/m1/s1. The molecule has 2 aliphatic heterocycles. The van der Waals surface area contributed by atoms with Crippen molar-refractivity contribution in [1.82, 2.24) is 10.6 Å². The number of carbonyl (C=O) groups is 1. The highest BCUT2D eigenvalue weighted by molar-refractivity contribution is 5.78. The fourth-order valence-electron chi connectivity index (χ4n) is 2.02. The molecule has 2 rings (SSSR count). The molecule has 2 fully saturated rings. The Morgan fingerprint density at radius 2 is 2.25 bits per heavy atom. The first-order valence-electron chi connectivity index (χ1n) is 4.44. The van der Waals surface area contributed by atoms with E-state index in [0.29, 0.717) is 24.9 Å². The monoisotopic (exact) mass is 170 g/mol. The zero-order valence-electron chi connectivity index (χ0n) is 6.92. The molecule has 4 nitrogen and oxygen atoms in total. The molecular weight excluding hydrogens is 156 g/mol. The van der Waals surface area contributed by atoms with E-state index < -0.39 is 0 Å². The smallest absolute Gasteiger partial charge is 0.220 e. The molecule has 0 aliphatic carbocycles. The van der Waals surface area contributed by atoms with Crippen LogP contribution >= 0.6 is 0 Å². The molecule has 1 amide bonds. The maximum Gasteiger partial charge on any atom is 0.220 e. The summed E-state index contributed by atoms with van der Waals surface area (Å²) in [6.45, 7) is 1.44. The minimum atomic E-state index is -0.217. The van der Waals surface area contributed by atoms with E-state index >= 15 is 0 Å². The van der Waals surface area contributed by atoms with Gasteiger partial charge in [-0.05, 0) is 6.42 Å². The normalized spacial score (nSPS) is 41.8. The first-order chi connectivity index (χ1) is 5.75. The molecule has 2 heterocycles. The second-order valence-corrected chi connectivity index (χ2v) is 3.67. The molecule has 0 aromatic heterocycles. The molecule has 0 spiro atoms. The van der Waals surface area contributed by atoms with Gasteiger partial charge in [0.2, 0.25) is 5.91 Å². The summed E-state index contributed by atoms with van der Waals surface area (Å²) in [4.78, 5) is 10.9.